The second-order valence-electron chi connectivity index (χ2n) is 36.2. The Bertz CT molecular complexity index is 9680. The van der Waals surface area contributed by atoms with Crippen molar-refractivity contribution < 1.29 is 0 Å². The molecule has 0 atom stereocenters. The van der Waals surface area contributed by atoms with Gasteiger partial charge in [0.05, 0.1) is 34.2 Å². The first-order valence-corrected chi connectivity index (χ1v) is 53.0. The summed E-state index contributed by atoms with van der Waals surface area (Å²) in [6.07, 6.45) is 0. The van der Waals surface area contributed by atoms with E-state index < -0.39 is 0 Å². The van der Waals surface area contributed by atoms with E-state index in [0.717, 1.165) is 113 Å². The summed E-state index contributed by atoms with van der Waals surface area (Å²) in [5, 5.41) is 15.4. The quantitative estimate of drug-likeness (QED) is 0.108. The monoisotopic (exact) mass is 1940 g/mol. The summed E-state index contributed by atoms with van der Waals surface area (Å²) in [7, 11) is 0. The molecule has 9 heterocycles. The highest BCUT2D eigenvalue weighted by Crippen LogP contribution is 2.47. The van der Waals surface area contributed by atoms with Crippen LogP contribution in [0.4, 0.5) is 0 Å². The summed E-state index contributed by atoms with van der Waals surface area (Å²) < 4.78 is 15.3. The van der Waals surface area contributed by atoms with E-state index in [2.05, 4.69) is 485 Å². The van der Waals surface area contributed by atoms with Crippen molar-refractivity contribution in [3.63, 3.8) is 0 Å². The van der Waals surface area contributed by atoms with Crippen molar-refractivity contribution in [1.29, 1.82) is 0 Å². The van der Waals surface area contributed by atoms with Gasteiger partial charge in [-0.1, -0.05) is 370 Å². The maximum atomic E-state index is 5.25. The number of hydrogen-bond donors (Lipinski definition) is 0. The SMILES string of the molecule is c1ccc(-c2ccc(-c3cccc(-c4cc(-c5ccc6c(c5)sc5ccccc56)nc(-c5ccc6c(c5)sc5ccccc56)n4)c3)cc2)cc1.c1ccc(-c2cccc(-c3cc(-c4ccc5c(c4)sc4ccccc45)nc(-c4ccc5c(c4)sc4ccccc45)n3)c2)cc1.c1ccc(-c2cccc(-c3cccc(-c4cc(-c5ccc6c(c5)sc5ccccc56)nc(-c5ccc6c(c5)sc5ccccc56)n4)c3)c2)cc1. The summed E-state index contributed by atoms with van der Waals surface area (Å²) in [5.74, 6) is 2.19. The topological polar surface area (TPSA) is 77.3 Å². The molecule has 6 nitrogen and oxygen atoms in total. The average Bonchev–Trinajstić information content (AvgIpc) is 1.57. The van der Waals surface area contributed by atoms with Crippen LogP contribution in [-0.2, 0) is 0 Å². The molecular weight excluding hydrogens is 1860 g/mol. The van der Waals surface area contributed by atoms with Crippen molar-refractivity contribution in [2.75, 3.05) is 0 Å². The van der Waals surface area contributed by atoms with E-state index in [-0.39, 0.29) is 0 Å². The van der Waals surface area contributed by atoms with Crippen LogP contribution in [0.2, 0.25) is 0 Å². The van der Waals surface area contributed by atoms with Crippen molar-refractivity contribution in [3.8, 4) is 157 Å². The van der Waals surface area contributed by atoms with Crippen LogP contribution in [0.25, 0.3) is 278 Å². The van der Waals surface area contributed by atoms with Crippen LogP contribution in [0.15, 0.2) is 485 Å². The van der Waals surface area contributed by atoms with Gasteiger partial charge < -0.3 is 0 Å². The molecule has 0 saturated carbocycles. The summed E-state index contributed by atoms with van der Waals surface area (Å²) in [5.41, 5.74) is 26.8. The lowest BCUT2D eigenvalue weighted by atomic mass is 9.97. The fourth-order valence-corrected chi connectivity index (χ4v) is 26.9. The van der Waals surface area contributed by atoms with Gasteiger partial charge >= 0.3 is 0 Å². The lowest BCUT2D eigenvalue weighted by Gasteiger charge is -2.11. The maximum Gasteiger partial charge on any atom is 0.160 e. The van der Waals surface area contributed by atoms with Crippen molar-refractivity contribution in [3.05, 3.63) is 485 Å². The first kappa shape index (κ1) is 86.1. The maximum absolute atomic E-state index is 5.25. The van der Waals surface area contributed by atoms with Crippen LogP contribution in [0.1, 0.15) is 0 Å². The van der Waals surface area contributed by atoms with E-state index in [1.807, 2.05) is 68.0 Å². The summed E-state index contributed by atoms with van der Waals surface area (Å²) in [4.78, 5) is 31.4. The average molecular weight is 1940 g/mol. The second kappa shape index (κ2) is 36.9. The molecule has 144 heavy (non-hydrogen) atoms. The summed E-state index contributed by atoms with van der Waals surface area (Å²) >= 11 is 11.0. The Morgan fingerprint density at radius 3 is 0.500 bits per heavy atom. The molecule has 0 saturated heterocycles. The molecule has 0 radical (unpaired) electrons. The lowest BCUT2D eigenvalue weighted by Crippen LogP contribution is -1.96. The zero-order valence-electron chi connectivity index (χ0n) is 77.3. The van der Waals surface area contributed by atoms with Crippen LogP contribution >= 0.6 is 68.0 Å². The molecule has 0 aliphatic heterocycles. The Labute approximate surface area is 854 Å². The predicted molar refractivity (Wildman–Crippen MR) is 620 cm³/mol. The van der Waals surface area contributed by atoms with E-state index in [4.69, 9.17) is 29.9 Å². The minimum atomic E-state index is 0.727. The highest BCUT2D eigenvalue weighted by molar-refractivity contribution is 7.28. The van der Waals surface area contributed by atoms with Gasteiger partial charge in [-0.25, -0.2) is 29.9 Å². The van der Waals surface area contributed by atoms with Gasteiger partial charge in [0.1, 0.15) is 0 Å². The number of aromatic nitrogens is 6. The van der Waals surface area contributed by atoms with E-state index in [9.17, 15) is 0 Å². The molecule has 0 N–H and O–H groups in total. The van der Waals surface area contributed by atoms with E-state index in [1.165, 1.54) is 166 Å². The minimum absolute atomic E-state index is 0.727. The van der Waals surface area contributed by atoms with Crippen molar-refractivity contribution in [2.45, 2.75) is 0 Å². The molecule has 0 amide bonds. The smallest absolute Gasteiger partial charge is 0.160 e. The van der Waals surface area contributed by atoms with Gasteiger partial charge in [0.2, 0.25) is 0 Å². The molecule has 29 aromatic rings. The molecule has 0 aliphatic carbocycles. The molecule has 20 aromatic carbocycles. The van der Waals surface area contributed by atoms with Crippen LogP contribution in [-0.4, -0.2) is 29.9 Å². The molecule has 674 valence electrons. The van der Waals surface area contributed by atoms with Crippen LogP contribution in [0, 0.1) is 0 Å². The molecule has 29 rings (SSSR count). The fraction of sp³-hybridized carbons (Fsp3) is 0. The number of nitrogens with zero attached hydrogens (tertiary/aromatic N) is 6. The van der Waals surface area contributed by atoms with E-state index in [1.54, 1.807) is 0 Å². The number of hydrogen-bond acceptors (Lipinski definition) is 12. The summed E-state index contributed by atoms with van der Waals surface area (Å²) in [6.45, 7) is 0. The third kappa shape index (κ3) is 16.5. The highest BCUT2D eigenvalue weighted by Gasteiger charge is 2.22. The van der Waals surface area contributed by atoms with Crippen molar-refractivity contribution in [1.82, 2.24) is 29.9 Å². The van der Waals surface area contributed by atoms with Crippen molar-refractivity contribution in [2.24, 2.45) is 0 Å². The molecule has 12 heteroatoms. The molecular formula is C132H80N6S6. The number of thiophene rings is 6. The highest BCUT2D eigenvalue weighted by atomic mass is 32.1. The zero-order chi connectivity index (χ0) is 95.1. The van der Waals surface area contributed by atoms with Gasteiger partial charge in [-0.05, 0) is 171 Å². The lowest BCUT2D eigenvalue weighted by molar-refractivity contribution is 1.19. The standard InChI is InChI=1S/2C46H28N2S2.C40H24N2S2/c1-2-10-29(11-3-1)30-12-8-13-31(24-30)32-14-9-15-33(25-32)40-28-41(34-20-22-38-36-16-4-6-18-42(36)49-44(38)26-34)48-46(47-40)35-21-23-39-37-17-5-7-19-43(37)50-45(39)27-35;1-2-9-29(10-3-1)30-17-19-31(20-18-30)32-11-8-12-33(25-32)40-28-41(34-21-23-38-36-13-4-6-15-42(36)49-44(38)26-34)48-46(47-40)35-22-24-39-37-14-5-7-16-43(37)50-45(39)27-35;1-2-9-25(10-3-1)26-11-8-12-27(21-26)34-24-35(28-17-19-32-30-13-4-6-15-36(30)43-38(32)22-28)42-40(41-34)29-18-20-33-31-14-5-7-16-37(31)44-39(33)23-29/h2*1-28H;1-24H. The van der Waals surface area contributed by atoms with Gasteiger partial charge in [-0.15, -0.1) is 68.0 Å². The largest absolute Gasteiger partial charge is 0.228 e. The number of benzene rings is 20. The van der Waals surface area contributed by atoms with Gasteiger partial charge in [0.15, 0.2) is 17.5 Å². The van der Waals surface area contributed by atoms with Gasteiger partial charge in [-0.2, -0.15) is 0 Å². The Morgan fingerprint density at radius 1 is 0.0972 bits per heavy atom. The fourth-order valence-electron chi connectivity index (χ4n) is 20.1. The van der Waals surface area contributed by atoms with Crippen LogP contribution in [0.3, 0.4) is 0 Å². The normalized spacial score (nSPS) is 11.6. The van der Waals surface area contributed by atoms with Crippen LogP contribution < -0.4 is 0 Å². The van der Waals surface area contributed by atoms with Gasteiger partial charge in [0, 0.05) is 171 Å². The van der Waals surface area contributed by atoms with E-state index >= 15 is 0 Å². The third-order valence-corrected chi connectivity index (χ3v) is 34.1. The second-order valence-corrected chi connectivity index (χ2v) is 42.7. The van der Waals surface area contributed by atoms with Crippen molar-refractivity contribution >= 4 is 189 Å². The zero-order valence-corrected chi connectivity index (χ0v) is 82.2. The van der Waals surface area contributed by atoms with E-state index in [0.29, 0.717) is 0 Å². The predicted octanol–water partition coefficient (Wildman–Crippen LogP) is 39.0. The van der Waals surface area contributed by atoms with Gasteiger partial charge in [-0.3, -0.25) is 0 Å². The first-order chi connectivity index (χ1) is 71.2. The first-order valence-electron chi connectivity index (χ1n) is 48.1. The molecule has 0 spiro atoms. The number of rotatable bonds is 14. The molecule has 0 unspecified atom stereocenters. The van der Waals surface area contributed by atoms with Gasteiger partial charge in [0.25, 0.3) is 0 Å². The number of fused-ring (bicyclic) bond motifs is 18. The van der Waals surface area contributed by atoms with Crippen LogP contribution in [0.5, 0.6) is 0 Å². The third-order valence-electron chi connectivity index (χ3n) is 27.3. The molecule has 0 fully saturated rings. The Balaban J connectivity index is 0.000000108. The minimum Gasteiger partial charge on any atom is -0.228 e. The summed E-state index contributed by atoms with van der Waals surface area (Å²) in [6, 6.07) is 174. The Kier molecular flexibility index (Phi) is 22.0. The Morgan fingerprint density at radius 2 is 0.250 bits per heavy atom. The molecule has 0 aliphatic rings. The molecule has 0 bridgehead atoms. The molecule has 9 aromatic heterocycles. The Hall–Kier alpha value is -17.0.